The van der Waals surface area contributed by atoms with Crippen molar-refractivity contribution in [2.24, 2.45) is 5.92 Å². The second kappa shape index (κ2) is 15.9. The van der Waals surface area contributed by atoms with Crippen LogP contribution in [0.5, 0.6) is 0 Å². The van der Waals surface area contributed by atoms with E-state index >= 15 is 0 Å². The summed E-state index contributed by atoms with van der Waals surface area (Å²) in [6.45, 7) is 9.14. The summed E-state index contributed by atoms with van der Waals surface area (Å²) in [5, 5.41) is 31.4. The Balaban J connectivity index is 2.60. The Morgan fingerprint density at radius 3 is 1.46 bits per heavy atom. The van der Waals surface area contributed by atoms with Crippen LogP contribution in [0.2, 0.25) is 0 Å². The molecule has 0 radical (unpaired) electrons. The van der Waals surface area contributed by atoms with Gasteiger partial charge in [-0.2, -0.15) is 0 Å². The molecular weight excluding hydrogens is 603 g/mol. The van der Waals surface area contributed by atoms with E-state index in [-0.39, 0.29) is 24.7 Å². The van der Waals surface area contributed by atoms with Gasteiger partial charge in [0.2, 0.25) is 0 Å². The molecule has 3 aromatic carbocycles. The van der Waals surface area contributed by atoms with Gasteiger partial charge in [-0.1, -0.05) is 0 Å². The number of aliphatic hydroxyl groups is 2. The Kier molecular flexibility index (Phi) is 13.0. The predicted molar refractivity (Wildman–Crippen MR) is 182 cm³/mol. The molecule has 3 rings (SSSR count). The molecule has 0 fully saturated rings. The summed E-state index contributed by atoms with van der Waals surface area (Å²) in [6.07, 6.45) is -1.18. The molecule has 4 N–H and O–H groups in total. The third-order valence-electron chi connectivity index (χ3n) is 8.60. The van der Waals surface area contributed by atoms with Gasteiger partial charge in [0, 0.05) is 0 Å². The number of ether oxygens (including phenoxy) is 2. The molecule has 0 aliphatic rings. The number of nitriles is 1. The third-order valence-corrected chi connectivity index (χ3v) is 10.4. The summed E-state index contributed by atoms with van der Waals surface area (Å²) in [4.78, 5) is 25.4. The molecule has 0 aliphatic heterocycles. The quantitative estimate of drug-likeness (QED) is 0.0877. The van der Waals surface area contributed by atoms with Crippen molar-refractivity contribution >= 4 is 7.94 Å². The molecule has 0 amide bonds. The van der Waals surface area contributed by atoms with E-state index in [1.165, 1.54) is 14.2 Å². The summed E-state index contributed by atoms with van der Waals surface area (Å²) < 4.78 is 18.9. The van der Waals surface area contributed by atoms with E-state index in [1.54, 1.807) is 6.92 Å². The summed E-state index contributed by atoms with van der Waals surface area (Å²) >= 11 is 0. The van der Waals surface area contributed by atoms with Crippen molar-refractivity contribution in [1.82, 2.24) is 4.90 Å². The molecule has 3 atom stereocenters. The van der Waals surface area contributed by atoms with Crippen molar-refractivity contribution in [3.8, 4) is 6.07 Å². The summed E-state index contributed by atoms with van der Waals surface area (Å²) in [7, 11) is -2.09. The maximum atomic E-state index is 12.0. The van der Waals surface area contributed by atoms with Gasteiger partial charge in [-0.05, 0) is 0 Å². The van der Waals surface area contributed by atoms with E-state index in [0.717, 1.165) is 16.7 Å². The Morgan fingerprint density at radius 1 is 0.761 bits per heavy atom. The fraction of sp³-hybridized carbons (Fsp3) is 0.472. The first-order valence-corrected chi connectivity index (χ1v) is 17.7. The predicted octanol–water partition coefficient (Wildman–Crippen LogP) is 5.22. The molecule has 0 bridgehead atoms. The standard InChI is InChI=1S/C36H51N2O7P/c1-27(2)38(28(3)4)34(26-37,36(43-6,44-7)45-46(41,42)25-29(5)23-33(40)24-39)35(30-17-11-8-12-18-30,31-19-13-9-14-20-31)32-21-15-10-16-22-32/h8-22,27-29,33,39-42,46H,23-25H2,1-7H3. The molecule has 10 heteroatoms. The molecule has 252 valence electrons. The molecular formula is C36H51N2O7P. The first kappa shape index (κ1) is 37.7. The van der Waals surface area contributed by atoms with E-state index in [0.29, 0.717) is 0 Å². The Hall–Kier alpha value is -2.74. The fourth-order valence-corrected chi connectivity index (χ4v) is 9.13. The molecule has 3 aromatic rings. The van der Waals surface area contributed by atoms with Gasteiger partial charge in [-0.3, -0.25) is 0 Å². The van der Waals surface area contributed by atoms with Crippen LogP contribution in [0.25, 0.3) is 0 Å². The van der Waals surface area contributed by atoms with Gasteiger partial charge in [-0.15, -0.1) is 0 Å². The zero-order valence-corrected chi connectivity index (χ0v) is 29.0. The van der Waals surface area contributed by atoms with Crippen molar-refractivity contribution in [2.75, 3.05) is 27.0 Å². The normalized spacial score (nSPS) is 15.8. The minimum absolute atomic E-state index is 0.109. The fourth-order valence-electron chi connectivity index (χ4n) is 7.22. The Labute approximate surface area is 274 Å². The topological polar surface area (TPSA) is 136 Å². The molecule has 9 nitrogen and oxygen atoms in total. The number of aliphatic hydroxyl groups excluding tert-OH is 2. The molecule has 0 saturated heterocycles. The number of hydrogen-bond donors (Lipinski definition) is 4. The summed E-state index contributed by atoms with van der Waals surface area (Å²) in [6, 6.07) is 30.8. The van der Waals surface area contributed by atoms with Gasteiger partial charge < -0.3 is 0 Å². The van der Waals surface area contributed by atoms with Crippen molar-refractivity contribution in [3.05, 3.63) is 108 Å². The van der Waals surface area contributed by atoms with Gasteiger partial charge in [0.05, 0.1) is 0 Å². The van der Waals surface area contributed by atoms with Crippen LogP contribution >= 0.6 is 7.94 Å². The van der Waals surface area contributed by atoms with Crippen molar-refractivity contribution in [2.45, 2.75) is 76.2 Å². The van der Waals surface area contributed by atoms with E-state index < -0.39 is 43.5 Å². The molecule has 46 heavy (non-hydrogen) atoms. The minimum atomic E-state index is -4.77. The first-order chi connectivity index (χ1) is 21.8. The van der Waals surface area contributed by atoms with Gasteiger partial charge in [0.1, 0.15) is 0 Å². The van der Waals surface area contributed by atoms with Crippen LogP contribution in [-0.4, -0.2) is 81.6 Å². The third kappa shape index (κ3) is 7.07. The van der Waals surface area contributed by atoms with Crippen LogP contribution in [-0.2, 0) is 19.4 Å². The second-order valence-corrected chi connectivity index (χ2v) is 14.6. The average Bonchev–Trinajstić information content (AvgIpc) is 3.04. The number of hydrogen-bond acceptors (Lipinski definition) is 9. The van der Waals surface area contributed by atoms with Crippen LogP contribution in [0.1, 0.15) is 57.7 Å². The zero-order valence-electron chi connectivity index (χ0n) is 28.0. The molecule has 0 aromatic heterocycles. The van der Waals surface area contributed by atoms with E-state index in [1.807, 2.05) is 124 Å². The van der Waals surface area contributed by atoms with Gasteiger partial charge in [0.15, 0.2) is 0 Å². The molecule has 0 aliphatic carbocycles. The van der Waals surface area contributed by atoms with Gasteiger partial charge in [-0.25, -0.2) is 0 Å². The van der Waals surface area contributed by atoms with Crippen LogP contribution in [0, 0.1) is 17.2 Å². The monoisotopic (exact) mass is 654 g/mol. The SMILES string of the molecule is COC(OC)(O[PH](O)(O)CC(C)CC(O)CO)C(C#N)(N(C(C)C)C(C)C)C(c1ccccc1)(c1ccccc1)c1ccccc1. The molecule has 0 saturated carbocycles. The van der Waals surface area contributed by atoms with E-state index in [4.69, 9.17) is 14.0 Å². The number of rotatable bonds is 17. The van der Waals surface area contributed by atoms with Crippen molar-refractivity contribution < 1.29 is 34.0 Å². The van der Waals surface area contributed by atoms with Crippen LogP contribution < -0.4 is 0 Å². The van der Waals surface area contributed by atoms with E-state index in [9.17, 15) is 25.3 Å². The second-order valence-electron chi connectivity index (χ2n) is 12.5. The number of nitrogens with zero attached hydrogens (tertiary/aromatic N) is 2. The summed E-state index contributed by atoms with van der Waals surface area (Å²) in [5.41, 5.74) is -1.22. The van der Waals surface area contributed by atoms with Gasteiger partial charge in [0.25, 0.3) is 0 Å². The maximum absolute atomic E-state index is 12.0. The zero-order chi connectivity index (χ0) is 34.2. The Morgan fingerprint density at radius 2 is 1.15 bits per heavy atom. The first-order valence-electron chi connectivity index (χ1n) is 15.7. The average molecular weight is 655 g/mol. The van der Waals surface area contributed by atoms with Crippen LogP contribution in [0.15, 0.2) is 91.0 Å². The Bertz CT molecular complexity index is 1280. The van der Waals surface area contributed by atoms with Gasteiger partial charge >= 0.3 is 275 Å². The number of benzene rings is 3. The van der Waals surface area contributed by atoms with Crippen LogP contribution in [0.3, 0.4) is 0 Å². The van der Waals surface area contributed by atoms with Crippen molar-refractivity contribution in [1.29, 1.82) is 5.26 Å². The van der Waals surface area contributed by atoms with Crippen LogP contribution in [0.4, 0.5) is 0 Å². The number of methoxy groups -OCH3 is 2. The molecule has 0 spiro atoms. The molecule has 3 unspecified atom stereocenters. The van der Waals surface area contributed by atoms with Crippen molar-refractivity contribution in [3.63, 3.8) is 0 Å². The van der Waals surface area contributed by atoms with E-state index in [2.05, 4.69) is 6.07 Å². The summed E-state index contributed by atoms with van der Waals surface area (Å²) in [5.74, 6) is -2.86. The molecule has 0 heterocycles.